The fraction of sp³-hybridized carbons (Fsp3) is 0.0588. The van der Waals surface area contributed by atoms with Crippen LogP contribution in [-0.2, 0) is 6.61 Å². The molecule has 0 aliphatic heterocycles. The predicted molar refractivity (Wildman–Crippen MR) is 84.1 cm³/mol. The number of ether oxygens (including phenoxy) is 1. The third-order valence-electron chi connectivity index (χ3n) is 3.26. The maximum absolute atomic E-state index is 6.13. The van der Waals surface area contributed by atoms with Gasteiger partial charge in [-0.2, -0.15) is 0 Å². The lowest BCUT2D eigenvalue weighted by Crippen LogP contribution is -2.01. The van der Waals surface area contributed by atoms with Gasteiger partial charge in [-0.25, -0.2) is 0 Å². The van der Waals surface area contributed by atoms with Crippen LogP contribution in [0.2, 0.25) is 5.02 Å². The topological polar surface area (TPSA) is 35.2 Å². The Morgan fingerprint density at radius 1 is 0.900 bits per heavy atom. The number of halogens is 1. The summed E-state index contributed by atoms with van der Waals surface area (Å²) in [6.45, 7) is 0.365. The second kappa shape index (κ2) is 5.43. The van der Waals surface area contributed by atoms with Crippen molar-refractivity contribution in [2.24, 2.45) is 0 Å². The van der Waals surface area contributed by atoms with Crippen molar-refractivity contribution < 1.29 is 4.74 Å². The van der Waals surface area contributed by atoms with Gasteiger partial charge in [0, 0.05) is 16.3 Å². The molecule has 2 N–H and O–H groups in total. The molecule has 0 amide bonds. The molecule has 3 aromatic carbocycles. The van der Waals surface area contributed by atoms with Gasteiger partial charge in [0.2, 0.25) is 0 Å². The summed E-state index contributed by atoms with van der Waals surface area (Å²) in [6.07, 6.45) is 0. The summed E-state index contributed by atoms with van der Waals surface area (Å²) >= 11 is 6.13. The van der Waals surface area contributed by atoms with Crippen molar-refractivity contribution in [3.8, 4) is 5.75 Å². The molecule has 0 bridgehead atoms. The highest BCUT2D eigenvalue weighted by atomic mass is 35.5. The third kappa shape index (κ3) is 2.56. The van der Waals surface area contributed by atoms with Crippen LogP contribution in [0.15, 0.2) is 60.7 Å². The first-order valence-electron chi connectivity index (χ1n) is 6.38. The summed E-state index contributed by atoms with van der Waals surface area (Å²) in [5, 5.41) is 2.97. The van der Waals surface area contributed by atoms with Crippen molar-refractivity contribution in [1.82, 2.24) is 0 Å². The molecule has 0 aliphatic rings. The molecule has 100 valence electrons. The molecule has 0 spiro atoms. The maximum atomic E-state index is 6.13. The number of nitrogens with two attached hydrogens (primary N) is 1. The average Bonchev–Trinajstić information content (AvgIpc) is 2.46. The van der Waals surface area contributed by atoms with Crippen molar-refractivity contribution in [2.75, 3.05) is 5.73 Å². The van der Waals surface area contributed by atoms with Gasteiger partial charge in [-0.15, -0.1) is 0 Å². The number of nitrogen functional groups attached to an aromatic ring is 1. The van der Waals surface area contributed by atoms with Crippen LogP contribution in [0.1, 0.15) is 5.56 Å². The van der Waals surface area contributed by atoms with E-state index >= 15 is 0 Å². The van der Waals surface area contributed by atoms with Gasteiger partial charge in [0.15, 0.2) is 0 Å². The molecule has 3 heteroatoms. The number of benzene rings is 3. The predicted octanol–water partition coefficient (Wildman–Crippen LogP) is 4.65. The van der Waals surface area contributed by atoms with Crippen LogP contribution < -0.4 is 10.5 Å². The van der Waals surface area contributed by atoms with E-state index in [-0.39, 0.29) is 0 Å². The molecule has 0 radical (unpaired) electrons. The Balaban J connectivity index is 1.83. The largest absolute Gasteiger partial charge is 0.489 e. The number of hydrogen-bond donors (Lipinski definition) is 1. The van der Waals surface area contributed by atoms with Gasteiger partial charge in [-0.05, 0) is 35.0 Å². The lowest BCUT2D eigenvalue weighted by Gasteiger charge is -2.10. The zero-order valence-electron chi connectivity index (χ0n) is 10.8. The number of fused-ring (bicyclic) bond motifs is 1. The van der Waals surface area contributed by atoms with Crippen molar-refractivity contribution in [2.45, 2.75) is 6.61 Å². The van der Waals surface area contributed by atoms with Gasteiger partial charge >= 0.3 is 0 Å². The van der Waals surface area contributed by atoms with Crippen LogP contribution >= 0.6 is 11.6 Å². The molecular formula is C17H14ClNO. The quantitative estimate of drug-likeness (QED) is 0.710. The zero-order chi connectivity index (χ0) is 13.9. The Morgan fingerprint density at radius 2 is 1.70 bits per heavy atom. The SMILES string of the molecule is Nc1cccc(Cl)c1COc1ccc2ccccc2c1. The van der Waals surface area contributed by atoms with Crippen molar-refractivity contribution >= 4 is 28.1 Å². The summed E-state index contributed by atoms with van der Waals surface area (Å²) in [4.78, 5) is 0. The standard InChI is InChI=1S/C17H14ClNO/c18-16-6-3-7-17(19)15(16)11-20-14-9-8-12-4-1-2-5-13(12)10-14/h1-10H,11,19H2. The summed E-state index contributed by atoms with van der Waals surface area (Å²) in [6, 6.07) is 19.7. The summed E-state index contributed by atoms with van der Waals surface area (Å²) in [5.41, 5.74) is 7.38. The molecule has 0 heterocycles. The molecule has 0 atom stereocenters. The van der Waals surface area contributed by atoms with Crippen LogP contribution in [0.3, 0.4) is 0 Å². The molecule has 20 heavy (non-hydrogen) atoms. The van der Waals surface area contributed by atoms with E-state index in [4.69, 9.17) is 22.1 Å². The maximum Gasteiger partial charge on any atom is 0.120 e. The number of rotatable bonds is 3. The van der Waals surface area contributed by atoms with Crippen LogP contribution in [0, 0.1) is 0 Å². The minimum Gasteiger partial charge on any atom is -0.489 e. The van der Waals surface area contributed by atoms with Crippen LogP contribution in [-0.4, -0.2) is 0 Å². The molecule has 0 aromatic heterocycles. The van der Waals surface area contributed by atoms with Gasteiger partial charge in [0.25, 0.3) is 0 Å². The van der Waals surface area contributed by atoms with E-state index in [1.807, 2.05) is 48.5 Å². The molecule has 3 rings (SSSR count). The van der Waals surface area contributed by atoms with E-state index in [2.05, 4.69) is 12.1 Å². The lowest BCUT2D eigenvalue weighted by atomic mass is 10.1. The second-order valence-corrected chi connectivity index (χ2v) is 5.01. The Kier molecular flexibility index (Phi) is 3.48. The first-order valence-corrected chi connectivity index (χ1v) is 6.76. The lowest BCUT2D eigenvalue weighted by molar-refractivity contribution is 0.307. The van der Waals surface area contributed by atoms with E-state index in [0.29, 0.717) is 17.3 Å². The number of anilines is 1. The van der Waals surface area contributed by atoms with E-state index in [9.17, 15) is 0 Å². The fourth-order valence-corrected chi connectivity index (χ4v) is 2.38. The van der Waals surface area contributed by atoms with E-state index < -0.39 is 0 Å². The van der Waals surface area contributed by atoms with Crippen molar-refractivity contribution in [3.63, 3.8) is 0 Å². The third-order valence-corrected chi connectivity index (χ3v) is 3.61. The first-order chi connectivity index (χ1) is 9.74. The Hall–Kier alpha value is -2.19. The molecule has 0 fully saturated rings. The van der Waals surface area contributed by atoms with Gasteiger partial charge in [0.1, 0.15) is 12.4 Å². The Labute approximate surface area is 122 Å². The Bertz CT molecular complexity index is 735. The molecular weight excluding hydrogens is 270 g/mol. The molecule has 2 nitrogen and oxygen atoms in total. The first kappa shape index (κ1) is 12.8. The van der Waals surface area contributed by atoms with Crippen molar-refractivity contribution in [1.29, 1.82) is 0 Å². The Morgan fingerprint density at radius 3 is 2.50 bits per heavy atom. The normalized spacial score (nSPS) is 10.7. The minimum atomic E-state index is 0.365. The number of hydrogen-bond acceptors (Lipinski definition) is 2. The van der Waals surface area contributed by atoms with Gasteiger partial charge in [0.05, 0.1) is 0 Å². The van der Waals surface area contributed by atoms with E-state index in [1.165, 1.54) is 5.39 Å². The second-order valence-electron chi connectivity index (χ2n) is 4.61. The molecule has 3 aromatic rings. The summed E-state index contributed by atoms with van der Waals surface area (Å²) < 4.78 is 5.80. The molecule has 0 saturated heterocycles. The van der Waals surface area contributed by atoms with Crippen molar-refractivity contribution in [3.05, 3.63) is 71.2 Å². The van der Waals surface area contributed by atoms with Gasteiger partial charge in [-0.1, -0.05) is 48.0 Å². The van der Waals surface area contributed by atoms with Crippen LogP contribution in [0.4, 0.5) is 5.69 Å². The molecule has 0 saturated carbocycles. The van der Waals surface area contributed by atoms with Gasteiger partial charge < -0.3 is 10.5 Å². The van der Waals surface area contributed by atoms with E-state index in [1.54, 1.807) is 0 Å². The highest BCUT2D eigenvalue weighted by Gasteiger charge is 2.05. The monoisotopic (exact) mass is 283 g/mol. The smallest absolute Gasteiger partial charge is 0.120 e. The van der Waals surface area contributed by atoms with E-state index in [0.717, 1.165) is 16.7 Å². The minimum absolute atomic E-state index is 0.365. The fourth-order valence-electron chi connectivity index (χ4n) is 2.14. The summed E-state index contributed by atoms with van der Waals surface area (Å²) in [5.74, 6) is 0.808. The highest BCUT2D eigenvalue weighted by Crippen LogP contribution is 2.25. The molecule has 0 aliphatic carbocycles. The highest BCUT2D eigenvalue weighted by molar-refractivity contribution is 6.31. The van der Waals surface area contributed by atoms with Gasteiger partial charge in [-0.3, -0.25) is 0 Å². The summed E-state index contributed by atoms with van der Waals surface area (Å²) in [7, 11) is 0. The molecule has 0 unspecified atom stereocenters. The zero-order valence-corrected chi connectivity index (χ0v) is 11.6. The average molecular weight is 284 g/mol. The van der Waals surface area contributed by atoms with Crippen LogP contribution in [0.25, 0.3) is 10.8 Å². The van der Waals surface area contributed by atoms with Crippen LogP contribution in [0.5, 0.6) is 5.75 Å².